The maximum Gasteiger partial charge on any atom is 0.416 e. The van der Waals surface area contributed by atoms with Gasteiger partial charge in [-0.2, -0.15) is 13.2 Å². The predicted molar refractivity (Wildman–Crippen MR) is 122 cm³/mol. The average molecular weight is 512 g/mol. The number of carbonyl (C=O) groups is 1. The van der Waals surface area contributed by atoms with E-state index < -0.39 is 17.5 Å². The van der Waals surface area contributed by atoms with E-state index in [1.807, 2.05) is 0 Å². The van der Waals surface area contributed by atoms with Crippen LogP contribution >= 0.6 is 34.8 Å². The highest BCUT2D eigenvalue weighted by molar-refractivity contribution is 6.35. The van der Waals surface area contributed by atoms with E-state index in [-0.39, 0.29) is 27.9 Å². The van der Waals surface area contributed by atoms with Crippen molar-refractivity contribution in [2.45, 2.75) is 6.18 Å². The molecule has 0 N–H and O–H groups in total. The molecule has 0 fully saturated rings. The summed E-state index contributed by atoms with van der Waals surface area (Å²) >= 11 is 18.2. The number of allylic oxidation sites excluding steroid dienone is 1. The maximum atomic E-state index is 13.0. The summed E-state index contributed by atoms with van der Waals surface area (Å²) in [4.78, 5) is 12.5. The summed E-state index contributed by atoms with van der Waals surface area (Å²) < 4.78 is 50.1. The van der Waals surface area contributed by atoms with Crippen LogP contribution in [0.15, 0.2) is 75.6 Å². The molecule has 0 aliphatic rings. The van der Waals surface area contributed by atoms with Crippen molar-refractivity contribution in [2.75, 3.05) is 0 Å². The van der Waals surface area contributed by atoms with Crippen molar-refractivity contribution in [1.29, 1.82) is 0 Å². The van der Waals surface area contributed by atoms with Crippen molar-refractivity contribution in [3.05, 3.63) is 98.9 Å². The second kappa shape index (κ2) is 9.14. The van der Waals surface area contributed by atoms with Crippen molar-refractivity contribution < 1.29 is 26.8 Å². The van der Waals surface area contributed by atoms with E-state index in [2.05, 4.69) is 0 Å². The standard InChI is InChI=1S/C24H12Cl3F3O3/c25-14-2-6-19(27)17(12-14)22-9-10-23(33-22)20(31)7-3-15-4-8-21(32-15)16-11-13(24(28,29)30)1-5-18(16)26/h1-12H/b7-3+. The van der Waals surface area contributed by atoms with Gasteiger partial charge in [0.2, 0.25) is 5.78 Å². The number of benzene rings is 2. The summed E-state index contributed by atoms with van der Waals surface area (Å²) in [6, 6.07) is 13.9. The number of rotatable bonds is 5. The van der Waals surface area contributed by atoms with Crippen molar-refractivity contribution in [3.8, 4) is 22.6 Å². The predicted octanol–water partition coefficient (Wildman–Crippen LogP) is 9.08. The van der Waals surface area contributed by atoms with E-state index in [0.717, 1.165) is 18.2 Å². The van der Waals surface area contributed by atoms with Crippen LogP contribution in [0, 0.1) is 0 Å². The normalized spacial score (nSPS) is 11.9. The molecule has 0 spiro atoms. The first-order chi connectivity index (χ1) is 15.6. The Hall–Kier alpha value is -2.93. The van der Waals surface area contributed by atoms with Crippen LogP contribution in [0.25, 0.3) is 28.7 Å². The third-order valence-electron chi connectivity index (χ3n) is 4.63. The highest BCUT2D eigenvalue weighted by Crippen LogP contribution is 2.37. The van der Waals surface area contributed by atoms with E-state index in [0.29, 0.717) is 21.4 Å². The van der Waals surface area contributed by atoms with Crippen LogP contribution in [-0.4, -0.2) is 5.78 Å². The van der Waals surface area contributed by atoms with Gasteiger partial charge in [-0.15, -0.1) is 0 Å². The lowest BCUT2D eigenvalue weighted by atomic mass is 10.1. The van der Waals surface area contributed by atoms with Crippen LogP contribution in [0.5, 0.6) is 0 Å². The zero-order chi connectivity index (χ0) is 23.8. The monoisotopic (exact) mass is 510 g/mol. The first kappa shape index (κ1) is 23.2. The van der Waals surface area contributed by atoms with Gasteiger partial charge >= 0.3 is 6.18 Å². The van der Waals surface area contributed by atoms with E-state index in [1.54, 1.807) is 24.3 Å². The summed E-state index contributed by atoms with van der Waals surface area (Å²) in [5.41, 5.74) is -0.216. The highest BCUT2D eigenvalue weighted by Gasteiger charge is 2.31. The lowest BCUT2D eigenvalue weighted by Gasteiger charge is -2.09. The maximum absolute atomic E-state index is 13.0. The Labute approximate surface area is 201 Å². The molecule has 2 aromatic heterocycles. The molecule has 0 amide bonds. The molecule has 2 heterocycles. The highest BCUT2D eigenvalue weighted by atomic mass is 35.5. The molecule has 0 atom stereocenters. The molecule has 4 rings (SSSR count). The second-order valence-corrected chi connectivity index (χ2v) is 8.13. The first-order valence-electron chi connectivity index (χ1n) is 9.36. The molecule has 2 aromatic carbocycles. The minimum atomic E-state index is -4.52. The van der Waals surface area contributed by atoms with E-state index in [9.17, 15) is 18.0 Å². The summed E-state index contributed by atoms with van der Waals surface area (Å²) in [5.74, 6) is 0.365. The molecule has 168 valence electrons. The molecule has 0 saturated carbocycles. The lowest BCUT2D eigenvalue weighted by molar-refractivity contribution is -0.137. The van der Waals surface area contributed by atoms with Crippen LogP contribution < -0.4 is 0 Å². The fourth-order valence-corrected chi connectivity index (χ4v) is 3.61. The van der Waals surface area contributed by atoms with Crippen LogP contribution in [0.3, 0.4) is 0 Å². The molecule has 0 radical (unpaired) electrons. The molecule has 9 heteroatoms. The summed E-state index contributed by atoms with van der Waals surface area (Å²) in [6.07, 6.45) is -1.92. The summed E-state index contributed by atoms with van der Waals surface area (Å²) in [7, 11) is 0. The molecular formula is C24H12Cl3F3O3. The van der Waals surface area contributed by atoms with Crippen molar-refractivity contribution >= 4 is 46.7 Å². The molecule has 3 nitrogen and oxygen atoms in total. The van der Waals surface area contributed by atoms with Gasteiger partial charge in [-0.3, -0.25) is 4.79 Å². The number of alkyl halides is 3. The Bertz CT molecular complexity index is 1370. The van der Waals surface area contributed by atoms with Gasteiger partial charge in [-0.05, 0) is 72.8 Å². The van der Waals surface area contributed by atoms with Gasteiger partial charge in [0.05, 0.1) is 15.6 Å². The smallest absolute Gasteiger partial charge is 0.416 e. The molecular weight excluding hydrogens is 500 g/mol. The second-order valence-electron chi connectivity index (χ2n) is 6.88. The van der Waals surface area contributed by atoms with Crippen LogP contribution in [0.1, 0.15) is 21.9 Å². The first-order valence-corrected chi connectivity index (χ1v) is 10.5. The summed E-state index contributed by atoms with van der Waals surface area (Å²) in [6.45, 7) is 0. The molecule has 0 unspecified atom stereocenters. The Morgan fingerprint density at radius 3 is 2.15 bits per heavy atom. The number of hydrogen-bond donors (Lipinski definition) is 0. The van der Waals surface area contributed by atoms with Crippen molar-refractivity contribution in [2.24, 2.45) is 0 Å². The Balaban J connectivity index is 1.53. The fourth-order valence-electron chi connectivity index (χ4n) is 3.02. The molecule has 0 saturated heterocycles. The Kier molecular flexibility index (Phi) is 6.43. The molecule has 4 aromatic rings. The van der Waals surface area contributed by atoms with Gasteiger partial charge in [0.15, 0.2) is 5.76 Å². The number of carbonyl (C=O) groups excluding carboxylic acids is 1. The number of furan rings is 2. The van der Waals surface area contributed by atoms with Gasteiger partial charge in [0.25, 0.3) is 0 Å². The SMILES string of the molecule is O=C(/C=C/c1ccc(-c2cc(C(F)(F)F)ccc2Cl)o1)c1ccc(-c2cc(Cl)ccc2Cl)o1. The quantitative estimate of drug-likeness (QED) is 0.198. The number of halogens is 6. The molecule has 0 aliphatic carbocycles. The Morgan fingerprint density at radius 1 is 0.788 bits per heavy atom. The zero-order valence-electron chi connectivity index (χ0n) is 16.4. The summed E-state index contributed by atoms with van der Waals surface area (Å²) in [5, 5.41) is 0.986. The van der Waals surface area contributed by atoms with Gasteiger partial charge in [-0.1, -0.05) is 34.8 Å². The number of ketones is 1. The molecule has 0 bridgehead atoms. The van der Waals surface area contributed by atoms with E-state index >= 15 is 0 Å². The largest absolute Gasteiger partial charge is 0.457 e. The van der Waals surface area contributed by atoms with Crippen LogP contribution in [-0.2, 0) is 6.18 Å². The lowest BCUT2D eigenvalue weighted by Crippen LogP contribution is -2.04. The van der Waals surface area contributed by atoms with Gasteiger partial charge < -0.3 is 8.83 Å². The van der Waals surface area contributed by atoms with Crippen LogP contribution in [0.2, 0.25) is 15.1 Å². The van der Waals surface area contributed by atoms with E-state index in [1.165, 1.54) is 30.4 Å². The molecule has 0 aliphatic heterocycles. The van der Waals surface area contributed by atoms with E-state index in [4.69, 9.17) is 43.6 Å². The zero-order valence-corrected chi connectivity index (χ0v) is 18.7. The minimum Gasteiger partial charge on any atom is -0.457 e. The molecule has 33 heavy (non-hydrogen) atoms. The number of hydrogen-bond acceptors (Lipinski definition) is 3. The van der Waals surface area contributed by atoms with Gasteiger partial charge in [-0.25, -0.2) is 0 Å². The third-order valence-corrected chi connectivity index (χ3v) is 5.52. The van der Waals surface area contributed by atoms with Crippen molar-refractivity contribution in [1.82, 2.24) is 0 Å². The third kappa shape index (κ3) is 5.19. The van der Waals surface area contributed by atoms with Gasteiger partial charge in [0, 0.05) is 16.1 Å². The Morgan fingerprint density at radius 2 is 1.42 bits per heavy atom. The topological polar surface area (TPSA) is 43.4 Å². The van der Waals surface area contributed by atoms with Gasteiger partial charge in [0.1, 0.15) is 17.3 Å². The fraction of sp³-hybridized carbons (Fsp3) is 0.0417. The van der Waals surface area contributed by atoms with Crippen LogP contribution in [0.4, 0.5) is 13.2 Å². The minimum absolute atomic E-state index is 0.0602. The van der Waals surface area contributed by atoms with Crippen molar-refractivity contribution in [3.63, 3.8) is 0 Å². The average Bonchev–Trinajstić information content (AvgIpc) is 3.43.